The van der Waals surface area contributed by atoms with E-state index >= 15 is 0 Å². The van der Waals surface area contributed by atoms with Gasteiger partial charge in [-0.2, -0.15) is 11.8 Å². The lowest BCUT2D eigenvalue weighted by atomic mass is 10.1. The van der Waals surface area contributed by atoms with Crippen LogP contribution in [-0.4, -0.2) is 22.4 Å². The maximum atomic E-state index is 11.7. The summed E-state index contributed by atoms with van der Waals surface area (Å²) in [5.74, 6) is 2.46. The van der Waals surface area contributed by atoms with Gasteiger partial charge >= 0.3 is 0 Å². The summed E-state index contributed by atoms with van der Waals surface area (Å²) < 4.78 is 0. The summed E-state index contributed by atoms with van der Waals surface area (Å²) in [5.41, 5.74) is 0.913. The largest absolute Gasteiger partial charge is 0.350 e. The van der Waals surface area contributed by atoms with Crippen molar-refractivity contribution in [2.75, 3.05) is 11.5 Å². The summed E-state index contributed by atoms with van der Waals surface area (Å²) in [7, 11) is 0. The fourth-order valence-electron chi connectivity index (χ4n) is 1.57. The lowest BCUT2D eigenvalue weighted by molar-refractivity contribution is -0.124. The Bertz CT molecular complexity index is 323. The van der Waals surface area contributed by atoms with E-state index in [4.69, 9.17) is 0 Å². The van der Waals surface area contributed by atoms with Gasteiger partial charge in [0.15, 0.2) is 0 Å². The van der Waals surface area contributed by atoms with Crippen LogP contribution in [0.3, 0.4) is 0 Å². The fraction of sp³-hybridized carbons (Fsp3) is 0.455. The first kappa shape index (κ1) is 10.5. The third kappa shape index (κ3) is 2.96. The molecule has 1 amide bonds. The summed E-state index contributed by atoms with van der Waals surface area (Å²) in [6.45, 7) is 0.542. The number of amides is 1. The van der Waals surface area contributed by atoms with Gasteiger partial charge < -0.3 is 5.32 Å². The molecule has 1 fully saturated rings. The number of hydrogen-bond donors (Lipinski definition) is 1. The van der Waals surface area contributed by atoms with Gasteiger partial charge in [-0.15, -0.1) is 0 Å². The number of pyridine rings is 1. The molecule has 0 spiro atoms. The molecule has 1 aromatic heterocycles. The first-order valence-electron chi connectivity index (χ1n) is 5.11. The average Bonchev–Trinajstić information content (AvgIpc) is 2.81. The molecule has 1 aromatic rings. The highest BCUT2D eigenvalue weighted by Gasteiger charge is 2.22. The molecule has 0 radical (unpaired) electrons. The molecule has 4 heteroatoms. The molecule has 1 atom stereocenters. The Morgan fingerprint density at radius 3 is 3.20 bits per heavy atom. The fourth-order valence-corrected chi connectivity index (χ4v) is 2.79. The van der Waals surface area contributed by atoms with Gasteiger partial charge in [0.1, 0.15) is 0 Å². The van der Waals surface area contributed by atoms with Crippen molar-refractivity contribution in [1.29, 1.82) is 0 Å². The summed E-state index contributed by atoms with van der Waals surface area (Å²) >= 11 is 1.86. The van der Waals surface area contributed by atoms with Crippen LogP contribution in [0.2, 0.25) is 0 Å². The van der Waals surface area contributed by atoms with Crippen LogP contribution in [0.25, 0.3) is 0 Å². The van der Waals surface area contributed by atoms with E-state index in [0.717, 1.165) is 23.6 Å². The number of aromatic nitrogens is 1. The van der Waals surface area contributed by atoms with E-state index in [1.165, 1.54) is 0 Å². The molecule has 1 saturated heterocycles. The van der Waals surface area contributed by atoms with Crippen LogP contribution in [0.1, 0.15) is 12.1 Å². The minimum absolute atomic E-state index is 0.172. The van der Waals surface area contributed by atoms with E-state index in [9.17, 15) is 4.79 Å². The molecule has 0 aromatic carbocycles. The number of carbonyl (C=O) groups excluding carboxylic acids is 1. The van der Waals surface area contributed by atoms with Gasteiger partial charge in [-0.3, -0.25) is 9.78 Å². The first-order chi connectivity index (χ1) is 7.36. The van der Waals surface area contributed by atoms with Gasteiger partial charge in [-0.25, -0.2) is 0 Å². The third-order valence-corrected chi connectivity index (χ3v) is 3.63. The van der Waals surface area contributed by atoms with Gasteiger partial charge in [0, 0.05) is 17.9 Å². The van der Waals surface area contributed by atoms with Crippen molar-refractivity contribution >= 4 is 17.7 Å². The SMILES string of the molecule is O=C(NCc1ccccn1)C1CCSC1. The predicted molar refractivity (Wildman–Crippen MR) is 61.5 cm³/mol. The minimum atomic E-state index is 0.172. The first-order valence-corrected chi connectivity index (χ1v) is 6.27. The zero-order chi connectivity index (χ0) is 10.5. The van der Waals surface area contributed by atoms with Crippen LogP contribution in [0.4, 0.5) is 0 Å². The second kappa shape index (κ2) is 5.16. The molecular formula is C11H14N2OS. The summed E-state index contributed by atoms with van der Waals surface area (Å²) in [6.07, 6.45) is 2.76. The van der Waals surface area contributed by atoms with Gasteiger partial charge in [0.2, 0.25) is 5.91 Å². The summed E-state index contributed by atoms with van der Waals surface area (Å²) in [6, 6.07) is 5.72. The minimum Gasteiger partial charge on any atom is -0.350 e. The number of carbonyl (C=O) groups is 1. The summed E-state index contributed by atoms with van der Waals surface area (Å²) in [4.78, 5) is 15.8. The quantitative estimate of drug-likeness (QED) is 0.841. The Morgan fingerprint density at radius 2 is 2.53 bits per heavy atom. The average molecular weight is 222 g/mol. The van der Waals surface area contributed by atoms with E-state index < -0.39 is 0 Å². The Morgan fingerprint density at radius 1 is 1.60 bits per heavy atom. The van der Waals surface area contributed by atoms with E-state index in [0.29, 0.717) is 6.54 Å². The molecule has 1 aliphatic rings. The van der Waals surface area contributed by atoms with Crippen molar-refractivity contribution in [2.24, 2.45) is 5.92 Å². The number of thioether (sulfide) groups is 1. The zero-order valence-corrected chi connectivity index (χ0v) is 9.30. The number of hydrogen-bond acceptors (Lipinski definition) is 3. The molecule has 1 N–H and O–H groups in total. The van der Waals surface area contributed by atoms with Gasteiger partial charge in [-0.05, 0) is 24.3 Å². The predicted octanol–water partition coefficient (Wildman–Crippen LogP) is 1.45. The van der Waals surface area contributed by atoms with Crippen LogP contribution in [0.15, 0.2) is 24.4 Å². The Labute approximate surface area is 93.7 Å². The highest BCUT2D eigenvalue weighted by atomic mass is 32.2. The van der Waals surface area contributed by atoms with E-state index in [2.05, 4.69) is 10.3 Å². The van der Waals surface area contributed by atoms with Crippen LogP contribution in [0.5, 0.6) is 0 Å². The summed E-state index contributed by atoms with van der Waals surface area (Å²) in [5, 5.41) is 2.93. The highest BCUT2D eigenvalue weighted by Crippen LogP contribution is 2.23. The number of rotatable bonds is 3. The normalized spacial score (nSPS) is 20.1. The van der Waals surface area contributed by atoms with Crippen LogP contribution in [0, 0.1) is 5.92 Å². The maximum absolute atomic E-state index is 11.7. The molecular weight excluding hydrogens is 208 g/mol. The second-order valence-corrected chi connectivity index (χ2v) is 4.75. The zero-order valence-electron chi connectivity index (χ0n) is 8.48. The second-order valence-electron chi connectivity index (χ2n) is 3.60. The molecule has 3 nitrogen and oxygen atoms in total. The molecule has 80 valence electrons. The Kier molecular flexibility index (Phi) is 3.61. The van der Waals surface area contributed by atoms with E-state index in [-0.39, 0.29) is 11.8 Å². The lowest BCUT2D eigenvalue weighted by Crippen LogP contribution is -2.30. The molecule has 0 bridgehead atoms. The van der Waals surface area contributed by atoms with Crippen molar-refractivity contribution in [3.8, 4) is 0 Å². The molecule has 2 rings (SSSR count). The Hall–Kier alpha value is -1.03. The van der Waals surface area contributed by atoms with Crippen molar-refractivity contribution in [1.82, 2.24) is 10.3 Å². The smallest absolute Gasteiger partial charge is 0.224 e. The number of nitrogens with zero attached hydrogens (tertiary/aromatic N) is 1. The topological polar surface area (TPSA) is 42.0 Å². The third-order valence-electron chi connectivity index (χ3n) is 2.47. The molecule has 2 heterocycles. The van der Waals surface area contributed by atoms with Gasteiger partial charge in [0.05, 0.1) is 12.2 Å². The van der Waals surface area contributed by atoms with Crippen molar-refractivity contribution in [2.45, 2.75) is 13.0 Å². The standard InChI is InChI=1S/C11H14N2OS/c14-11(9-4-6-15-8-9)13-7-10-3-1-2-5-12-10/h1-3,5,9H,4,6-8H2,(H,13,14). The van der Waals surface area contributed by atoms with E-state index in [1.807, 2.05) is 30.0 Å². The molecule has 1 aliphatic heterocycles. The van der Waals surface area contributed by atoms with Crippen LogP contribution in [-0.2, 0) is 11.3 Å². The van der Waals surface area contributed by atoms with Crippen LogP contribution >= 0.6 is 11.8 Å². The van der Waals surface area contributed by atoms with Gasteiger partial charge in [0.25, 0.3) is 0 Å². The molecule has 1 unspecified atom stereocenters. The maximum Gasteiger partial charge on any atom is 0.224 e. The van der Waals surface area contributed by atoms with Gasteiger partial charge in [-0.1, -0.05) is 6.07 Å². The lowest BCUT2D eigenvalue weighted by Gasteiger charge is -2.08. The van der Waals surface area contributed by atoms with E-state index in [1.54, 1.807) is 6.20 Å². The molecule has 0 aliphatic carbocycles. The van der Waals surface area contributed by atoms with Crippen molar-refractivity contribution in [3.63, 3.8) is 0 Å². The Balaban J connectivity index is 1.80. The number of nitrogens with one attached hydrogen (secondary N) is 1. The highest BCUT2D eigenvalue weighted by molar-refractivity contribution is 7.99. The molecule has 0 saturated carbocycles. The van der Waals surface area contributed by atoms with Crippen LogP contribution < -0.4 is 5.32 Å². The monoisotopic (exact) mass is 222 g/mol. The van der Waals surface area contributed by atoms with Crippen molar-refractivity contribution in [3.05, 3.63) is 30.1 Å². The molecule has 15 heavy (non-hydrogen) atoms. The van der Waals surface area contributed by atoms with Crippen molar-refractivity contribution < 1.29 is 4.79 Å².